The fraction of sp³-hybridized carbons (Fsp3) is 0.235. The Morgan fingerprint density at radius 1 is 1.15 bits per heavy atom. The van der Waals surface area contributed by atoms with Crippen LogP contribution in [0.4, 0.5) is 0 Å². The van der Waals surface area contributed by atoms with Gasteiger partial charge in [-0.25, -0.2) is 4.98 Å². The van der Waals surface area contributed by atoms with Crippen molar-refractivity contribution in [1.29, 1.82) is 0 Å². The SMILES string of the molecule is CCNCc1ccc2oc(-c3ccccc3C)nc2c1. The normalized spacial score (nSPS) is 11.1. The second-order valence-electron chi connectivity index (χ2n) is 4.92. The molecule has 1 aromatic heterocycles. The monoisotopic (exact) mass is 266 g/mol. The van der Waals surface area contributed by atoms with E-state index in [9.17, 15) is 0 Å². The minimum atomic E-state index is 0.693. The van der Waals surface area contributed by atoms with Gasteiger partial charge in [-0.2, -0.15) is 0 Å². The number of nitrogens with one attached hydrogen (secondary N) is 1. The predicted molar refractivity (Wildman–Crippen MR) is 81.6 cm³/mol. The van der Waals surface area contributed by atoms with Crippen molar-refractivity contribution in [1.82, 2.24) is 10.3 Å². The number of fused-ring (bicyclic) bond motifs is 1. The van der Waals surface area contributed by atoms with E-state index < -0.39 is 0 Å². The molecule has 0 saturated heterocycles. The van der Waals surface area contributed by atoms with Gasteiger partial charge in [-0.3, -0.25) is 0 Å². The largest absolute Gasteiger partial charge is 0.436 e. The minimum Gasteiger partial charge on any atom is -0.436 e. The van der Waals surface area contributed by atoms with E-state index in [4.69, 9.17) is 4.42 Å². The molecule has 3 nitrogen and oxygen atoms in total. The Balaban J connectivity index is 2.00. The standard InChI is InChI=1S/C17H18N2O/c1-3-18-11-13-8-9-16-15(10-13)19-17(20-16)14-7-5-4-6-12(14)2/h4-10,18H,3,11H2,1-2H3. The molecular weight excluding hydrogens is 248 g/mol. The number of hydrogen-bond donors (Lipinski definition) is 1. The molecule has 3 rings (SSSR count). The van der Waals surface area contributed by atoms with Gasteiger partial charge in [0, 0.05) is 12.1 Å². The number of nitrogens with zero attached hydrogens (tertiary/aromatic N) is 1. The van der Waals surface area contributed by atoms with Gasteiger partial charge < -0.3 is 9.73 Å². The van der Waals surface area contributed by atoms with E-state index in [2.05, 4.69) is 42.3 Å². The van der Waals surface area contributed by atoms with Crippen molar-refractivity contribution in [3.8, 4) is 11.5 Å². The van der Waals surface area contributed by atoms with Gasteiger partial charge in [0.15, 0.2) is 5.58 Å². The third-order valence-corrected chi connectivity index (χ3v) is 3.41. The van der Waals surface area contributed by atoms with E-state index in [1.165, 1.54) is 11.1 Å². The van der Waals surface area contributed by atoms with Gasteiger partial charge in [-0.15, -0.1) is 0 Å². The van der Waals surface area contributed by atoms with Crippen LogP contribution in [-0.2, 0) is 6.54 Å². The highest BCUT2D eigenvalue weighted by atomic mass is 16.3. The second kappa shape index (κ2) is 5.47. The quantitative estimate of drug-likeness (QED) is 0.778. The molecular formula is C17H18N2O. The highest BCUT2D eigenvalue weighted by Crippen LogP contribution is 2.27. The van der Waals surface area contributed by atoms with Gasteiger partial charge >= 0.3 is 0 Å². The molecule has 3 heteroatoms. The van der Waals surface area contributed by atoms with Crippen molar-refractivity contribution in [2.75, 3.05) is 6.54 Å². The van der Waals surface area contributed by atoms with Crippen molar-refractivity contribution < 1.29 is 4.42 Å². The van der Waals surface area contributed by atoms with E-state index in [0.29, 0.717) is 5.89 Å². The van der Waals surface area contributed by atoms with Gasteiger partial charge in [-0.05, 0) is 42.8 Å². The summed E-state index contributed by atoms with van der Waals surface area (Å²) in [6.45, 7) is 6.00. The maximum absolute atomic E-state index is 5.86. The van der Waals surface area contributed by atoms with Gasteiger partial charge in [0.2, 0.25) is 5.89 Å². The summed E-state index contributed by atoms with van der Waals surface area (Å²) in [6, 6.07) is 14.3. The van der Waals surface area contributed by atoms with E-state index in [1.54, 1.807) is 0 Å². The summed E-state index contributed by atoms with van der Waals surface area (Å²) in [5, 5.41) is 3.32. The molecule has 0 aliphatic heterocycles. The lowest BCUT2D eigenvalue weighted by molar-refractivity contribution is 0.619. The third kappa shape index (κ3) is 2.45. The van der Waals surface area contributed by atoms with E-state index in [0.717, 1.165) is 29.8 Å². The van der Waals surface area contributed by atoms with Crippen molar-refractivity contribution in [3.63, 3.8) is 0 Å². The van der Waals surface area contributed by atoms with Gasteiger partial charge in [0.25, 0.3) is 0 Å². The lowest BCUT2D eigenvalue weighted by Gasteiger charge is -2.00. The molecule has 0 saturated carbocycles. The molecule has 20 heavy (non-hydrogen) atoms. The Morgan fingerprint density at radius 3 is 2.80 bits per heavy atom. The molecule has 0 bridgehead atoms. The number of aryl methyl sites for hydroxylation is 1. The number of rotatable bonds is 4. The number of benzene rings is 2. The molecule has 0 unspecified atom stereocenters. The van der Waals surface area contributed by atoms with E-state index in [-0.39, 0.29) is 0 Å². The van der Waals surface area contributed by atoms with Crippen LogP contribution in [0.2, 0.25) is 0 Å². The van der Waals surface area contributed by atoms with Crippen molar-refractivity contribution in [2.45, 2.75) is 20.4 Å². The zero-order chi connectivity index (χ0) is 13.9. The van der Waals surface area contributed by atoms with Crippen LogP contribution in [0, 0.1) is 6.92 Å². The average Bonchev–Trinajstić information content (AvgIpc) is 2.88. The van der Waals surface area contributed by atoms with Crippen LogP contribution in [-0.4, -0.2) is 11.5 Å². The molecule has 0 aliphatic carbocycles. The molecule has 0 amide bonds. The molecule has 0 radical (unpaired) electrons. The van der Waals surface area contributed by atoms with E-state index in [1.807, 2.05) is 24.3 Å². The van der Waals surface area contributed by atoms with Crippen LogP contribution < -0.4 is 5.32 Å². The Kier molecular flexibility index (Phi) is 3.52. The summed E-state index contributed by atoms with van der Waals surface area (Å²) in [6.07, 6.45) is 0. The third-order valence-electron chi connectivity index (χ3n) is 3.41. The Labute approximate surface area is 118 Å². The molecule has 102 valence electrons. The van der Waals surface area contributed by atoms with Crippen LogP contribution in [0.3, 0.4) is 0 Å². The molecule has 1 heterocycles. The molecule has 0 spiro atoms. The van der Waals surface area contributed by atoms with Crippen LogP contribution in [0.15, 0.2) is 46.9 Å². The first-order valence-corrected chi connectivity index (χ1v) is 6.94. The minimum absolute atomic E-state index is 0.693. The molecule has 0 aliphatic rings. The first kappa shape index (κ1) is 12.9. The summed E-state index contributed by atoms with van der Waals surface area (Å²) < 4.78 is 5.86. The van der Waals surface area contributed by atoms with E-state index >= 15 is 0 Å². The first-order valence-electron chi connectivity index (χ1n) is 6.94. The molecule has 3 aromatic rings. The molecule has 1 N–H and O–H groups in total. The lowest BCUT2D eigenvalue weighted by atomic mass is 10.1. The lowest BCUT2D eigenvalue weighted by Crippen LogP contribution is -2.11. The number of aromatic nitrogens is 1. The summed E-state index contributed by atoms with van der Waals surface area (Å²) in [4.78, 5) is 4.62. The molecule has 0 fully saturated rings. The Morgan fingerprint density at radius 2 is 2.00 bits per heavy atom. The topological polar surface area (TPSA) is 38.1 Å². The van der Waals surface area contributed by atoms with Crippen molar-refractivity contribution in [3.05, 3.63) is 53.6 Å². The zero-order valence-corrected chi connectivity index (χ0v) is 11.8. The summed E-state index contributed by atoms with van der Waals surface area (Å²) >= 11 is 0. The zero-order valence-electron chi connectivity index (χ0n) is 11.8. The summed E-state index contributed by atoms with van der Waals surface area (Å²) in [5.74, 6) is 0.693. The van der Waals surface area contributed by atoms with Crippen molar-refractivity contribution in [2.24, 2.45) is 0 Å². The maximum Gasteiger partial charge on any atom is 0.227 e. The highest BCUT2D eigenvalue weighted by Gasteiger charge is 2.10. The van der Waals surface area contributed by atoms with Crippen LogP contribution in [0.1, 0.15) is 18.1 Å². The number of oxazole rings is 1. The van der Waals surface area contributed by atoms with Gasteiger partial charge in [0.1, 0.15) is 5.52 Å². The summed E-state index contributed by atoms with van der Waals surface area (Å²) in [7, 11) is 0. The van der Waals surface area contributed by atoms with Crippen LogP contribution in [0.5, 0.6) is 0 Å². The highest BCUT2D eigenvalue weighted by molar-refractivity contribution is 5.77. The Bertz CT molecular complexity index is 731. The van der Waals surface area contributed by atoms with Crippen LogP contribution >= 0.6 is 0 Å². The Hall–Kier alpha value is -2.13. The summed E-state index contributed by atoms with van der Waals surface area (Å²) in [5.41, 5.74) is 5.20. The second-order valence-corrected chi connectivity index (χ2v) is 4.92. The predicted octanol–water partition coefficient (Wildman–Crippen LogP) is 3.91. The molecule has 2 aromatic carbocycles. The van der Waals surface area contributed by atoms with Crippen molar-refractivity contribution >= 4 is 11.1 Å². The number of hydrogen-bond acceptors (Lipinski definition) is 3. The fourth-order valence-corrected chi connectivity index (χ4v) is 2.28. The fourth-order valence-electron chi connectivity index (χ4n) is 2.28. The average molecular weight is 266 g/mol. The smallest absolute Gasteiger partial charge is 0.227 e. The maximum atomic E-state index is 5.86. The van der Waals surface area contributed by atoms with Crippen LogP contribution in [0.25, 0.3) is 22.6 Å². The van der Waals surface area contributed by atoms with Gasteiger partial charge in [0.05, 0.1) is 0 Å². The first-order chi connectivity index (χ1) is 9.78. The molecule has 0 atom stereocenters. The van der Waals surface area contributed by atoms with Gasteiger partial charge in [-0.1, -0.05) is 31.2 Å².